The third kappa shape index (κ3) is 3.67. The molecule has 6 heteroatoms. The normalized spacial score (nSPS) is 18.1. The number of thiazole rings is 1. The van der Waals surface area contributed by atoms with Gasteiger partial charge in [0.15, 0.2) is 0 Å². The molecule has 0 aromatic carbocycles. The summed E-state index contributed by atoms with van der Waals surface area (Å²) in [6.07, 6.45) is 2.74. The second kappa shape index (κ2) is 6.50. The van der Waals surface area contributed by atoms with Crippen molar-refractivity contribution in [3.63, 3.8) is 0 Å². The number of nitrogens with zero attached hydrogens (tertiary/aromatic N) is 2. The number of halogens is 1. The number of alkyl halides is 1. The second-order valence-corrected chi connectivity index (χ2v) is 5.84. The topological polar surface area (TPSA) is 59.2 Å². The molecule has 0 saturated carbocycles. The molecule has 0 unspecified atom stereocenters. The highest BCUT2D eigenvalue weighted by Gasteiger charge is 2.22. The van der Waals surface area contributed by atoms with Crippen LogP contribution in [0.2, 0.25) is 0 Å². The van der Waals surface area contributed by atoms with Gasteiger partial charge in [0.1, 0.15) is 0 Å². The van der Waals surface area contributed by atoms with E-state index in [4.69, 9.17) is 17.3 Å². The number of hydrogen-bond donors (Lipinski definition) is 1. The van der Waals surface area contributed by atoms with E-state index < -0.39 is 0 Å². The zero-order chi connectivity index (χ0) is 13.0. The lowest BCUT2D eigenvalue weighted by atomic mass is 9.96. The molecular weight excluding hydrogens is 270 g/mol. The van der Waals surface area contributed by atoms with Gasteiger partial charge in [-0.3, -0.25) is 4.79 Å². The van der Waals surface area contributed by atoms with Crippen molar-refractivity contribution in [1.29, 1.82) is 0 Å². The quantitative estimate of drug-likeness (QED) is 0.837. The highest BCUT2D eigenvalue weighted by atomic mass is 35.5. The smallest absolute Gasteiger partial charge is 0.220 e. The highest BCUT2D eigenvalue weighted by Crippen LogP contribution is 2.18. The van der Waals surface area contributed by atoms with Crippen molar-refractivity contribution in [2.45, 2.75) is 25.1 Å². The van der Waals surface area contributed by atoms with Crippen LogP contribution in [0.4, 0.5) is 0 Å². The summed E-state index contributed by atoms with van der Waals surface area (Å²) in [7, 11) is 0. The number of likely N-dealkylation sites (tertiary alicyclic amines) is 1. The van der Waals surface area contributed by atoms with Crippen molar-refractivity contribution >= 4 is 28.8 Å². The molecule has 1 aromatic heterocycles. The monoisotopic (exact) mass is 287 g/mol. The van der Waals surface area contributed by atoms with Crippen LogP contribution >= 0.6 is 22.9 Å². The van der Waals surface area contributed by atoms with E-state index in [1.807, 2.05) is 5.38 Å². The highest BCUT2D eigenvalue weighted by molar-refractivity contribution is 7.09. The summed E-state index contributed by atoms with van der Waals surface area (Å²) in [6, 6.07) is 0. The molecule has 1 amide bonds. The lowest BCUT2D eigenvalue weighted by molar-refractivity contribution is -0.123. The average Bonchev–Trinajstić information content (AvgIpc) is 2.85. The summed E-state index contributed by atoms with van der Waals surface area (Å²) < 4.78 is 0. The Hall–Kier alpha value is -0.650. The van der Waals surface area contributed by atoms with Gasteiger partial charge in [0, 0.05) is 24.3 Å². The van der Waals surface area contributed by atoms with Crippen molar-refractivity contribution in [1.82, 2.24) is 9.88 Å². The summed E-state index contributed by atoms with van der Waals surface area (Å²) in [5.74, 6) is 0.408. The van der Waals surface area contributed by atoms with Gasteiger partial charge in [0.25, 0.3) is 0 Å². The van der Waals surface area contributed by atoms with E-state index in [1.165, 1.54) is 0 Å². The van der Waals surface area contributed by atoms with Crippen LogP contribution < -0.4 is 5.73 Å². The van der Waals surface area contributed by atoms with Crippen LogP contribution in [0.25, 0.3) is 0 Å². The third-order valence-corrected chi connectivity index (χ3v) is 4.60. The molecular formula is C12H18ClN3OS. The molecule has 0 spiro atoms. The predicted molar refractivity (Wildman–Crippen MR) is 73.7 cm³/mol. The molecule has 18 heavy (non-hydrogen) atoms. The summed E-state index contributed by atoms with van der Waals surface area (Å²) >= 11 is 7.40. The maximum Gasteiger partial charge on any atom is 0.220 e. The third-order valence-electron chi connectivity index (χ3n) is 3.37. The maximum absolute atomic E-state index is 11.1. The van der Waals surface area contributed by atoms with Gasteiger partial charge in [-0.2, -0.15) is 0 Å². The Kier molecular flexibility index (Phi) is 4.97. The molecule has 2 heterocycles. The van der Waals surface area contributed by atoms with Gasteiger partial charge >= 0.3 is 0 Å². The van der Waals surface area contributed by atoms with Crippen molar-refractivity contribution in [2.24, 2.45) is 11.7 Å². The van der Waals surface area contributed by atoms with E-state index in [0.29, 0.717) is 5.88 Å². The summed E-state index contributed by atoms with van der Waals surface area (Å²) in [4.78, 5) is 17.9. The zero-order valence-electron chi connectivity index (χ0n) is 10.3. The maximum atomic E-state index is 11.1. The molecule has 4 nitrogen and oxygen atoms in total. The number of piperidine rings is 1. The first-order chi connectivity index (χ1) is 8.69. The number of carbonyl (C=O) groups is 1. The summed E-state index contributed by atoms with van der Waals surface area (Å²) in [5.41, 5.74) is 6.28. The molecule has 0 atom stereocenters. The Balaban J connectivity index is 1.73. The van der Waals surface area contributed by atoms with E-state index in [-0.39, 0.29) is 11.8 Å². The van der Waals surface area contributed by atoms with E-state index in [2.05, 4.69) is 9.88 Å². The Morgan fingerprint density at radius 1 is 1.56 bits per heavy atom. The average molecular weight is 288 g/mol. The minimum absolute atomic E-state index is 0.0731. The fourth-order valence-electron chi connectivity index (χ4n) is 2.22. The molecule has 0 aliphatic carbocycles. The minimum Gasteiger partial charge on any atom is -0.369 e. The van der Waals surface area contributed by atoms with Crippen LogP contribution in [0.1, 0.15) is 23.5 Å². The molecule has 2 N–H and O–H groups in total. The van der Waals surface area contributed by atoms with Crippen LogP contribution in [-0.4, -0.2) is 35.4 Å². The van der Waals surface area contributed by atoms with E-state index in [1.54, 1.807) is 11.3 Å². The fourth-order valence-corrected chi connectivity index (χ4v) is 3.24. The van der Waals surface area contributed by atoms with Crippen LogP contribution in [-0.2, 0) is 17.1 Å². The standard InChI is InChI=1S/C12H18ClN3OS/c13-7-10-8-18-11(15-10)3-6-16-4-1-9(2-5-16)12(14)17/h8-9H,1-7H2,(H2,14,17). The van der Waals surface area contributed by atoms with Crippen molar-refractivity contribution in [2.75, 3.05) is 19.6 Å². The number of rotatable bonds is 5. The Morgan fingerprint density at radius 3 is 2.83 bits per heavy atom. The van der Waals surface area contributed by atoms with Gasteiger partial charge in [-0.1, -0.05) is 0 Å². The van der Waals surface area contributed by atoms with Gasteiger partial charge < -0.3 is 10.6 Å². The molecule has 1 saturated heterocycles. The lowest BCUT2D eigenvalue weighted by Crippen LogP contribution is -2.39. The Bertz CT molecular complexity index is 402. The predicted octanol–water partition coefficient (Wildman–Crippen LogP) is 1.62. The first kappa shape index (κ1) is 13.8. The van der Waals surface area contributed by atoms with E-state index in [0.717, 1.165) is 49.6 Å². The number of amides is 1. The summed E-state index contributed by atoms with van der Waals surface area (Å²) in [6.45, 7) is 2.92. The molecule has 1 aliphatic heterocycles. The molecule has 1 aromatic rings. The van der Waals surface area contributed by atoms with Crippen molar-refractivity contribution < 1.29 is 4.79 Å². The first-order valence-corrected chi connectivity index (χ1v) is 7.61. The van der Waals surface area contributed by atoms with Gasteiger partial charge in [0.2, 0.25) is 5.91 Å². The minimum atomic E-state index is -0.152. The molecule has 100 valence electrons. The first-order valence-electron chi connectivity index (χ1n) is 6.20. The number of nitrogens with two attached hydrogens (primary N) is 1. The molecule has 2 rings (SSSR count). The van der Waals surface area contributed by atoms with Crippen molar-refractivity contribution in [3.05, 3.63) is 16.1 Å². The molecule has 0 radical (unpaired) electrons. The number of hydrogen-bond acceptors (Lipinski definition) is 4. The SMILES string of the molecule is NC(=O)C1CCN(CCc2nc(CCl)cs2)CC1. The Morgan fingerprint density at radius 2 is 2.28 bits per heavy atom. The van der Waals surface area contributed by atoms with E-state index in [9.17, 15) is 4.79 Å². The largest absolute Gasteiger partial charge is 0.369 e. The zero-order valence-corrected chi connectivity index (χ0v) is 11.8. The van der Waals surface area contributed by atoms with Crippen LogP contribution in [0.15, 0.2) is 5.38 Å². The molecule has 1 fully saturated rings. The fraction of sp³-hybridized carbons (Fsp3) is 0.667. The van der Waals surface area contributed by atoms with Crippen LogP contribution in [0.5, 0.6) is 0 Å². The van der Waals surface area contributed by atoms with Gasteiger partial charge in [-0.15, -0.1) is 22.9 Å². The van der Waals surface area contributed by atoms with Crippen molar-refractivity contribution in [3.8, 4) is 0 Å². The Labute approximate surface area is 116 Å². The van der Waals surface area contributed by atoms with Gasteiger partial charge in [-0.05, 0) is 25.9 Å². The van der Waals surface area contributed by atoms with E-state index >= 15 is 0 Å². The molecule has 1 aliphatic rings. The summed E-state index contributed by atoms with van der Waals surface area (Å²) in [5, 5.41) is 3.16. The second-order valence-electron chi connectivity index (χ2n) is 4.63. The van der Waals surface area contributed by atoms with Crippen LogP contribution in [0.3, 0.4) is 0 Å². The lowest BCUT2D eigenvalue weighted by Gasteiger charge is -2.30. The number of primary amides is 1. The van der Waals surface area contributed by atoms with Gasteiger partial charge in [0.05, 0.1) is 16.6 Å². The van der Waals surface area contributed by atoms with Gasteiger partial charge in [-0.25, -0.2) is 4.98 Å². The van der Waals surface area contributed by atoms with Crippen LogP contribution in [0, 0.1) is 5.92 Å². The molecule has 0 bridgehead atoms. The number of carbonyl (C=O) groups excluding carboxylic acids is 1. The number of aromatic nitrogens is 1.